The van der Waals surface area contributed by atoms with E-state index < -0.39 is 23.5 Å². The lowest BCUT2D eigenvalue weighted by Crippen LogP contribution is -2.52. The van der Waals surface area contributed by atoms with Gasteiger partial charge in [-0.1, -0.05) is 26.8 Å². The molecule has 0 fully saturated rings. The number of amides is 2. The Kier molecular flexibility index (Phi) is 5.29. The topological polar surface area (TPSA) is 82.5 Å². The largest absolute Gasteiger partial charge is 0.480 e. The maximum absolute atomic E-state index is 12.1. The lowest BCUT2D eigenvalue weighted by molar-refractivity contribution is -0.142. The summed E-state index contributed by atoms with van der Waals surface area (Å²) in [5.41, 5.74) is 1.07. The van der Waals surface area contributed by atoms with Crippen molar-refractivity contribution in [1.29, 1.82) is 0 Å². The van der Waals surface area contributed by atoms with Gasteiger partial charge in [0.05, 0.1) is 12.2 Å². The van der Waals surface area contributed by atoms with Crippen LogP contribution in [0.25, 0.3) is 0 Å². The summed E-state index contributed by atoms with van der Waals surface area (Å²) in [5, 5.41) is 11.8. The van der Waals surface area contributed by atoms with E-state index >= 15 is 0 Å². The first-order valence-corrected chi connectivity index (χ1v) is 6.78. The fourth-order valence-corrected chi connectivity index (χ4v) is 1.88. The van der Waals surface area contributed by atoms with Crippen molar-refractivity contribution in [2.45, 2.75) is 40.3 Å². The summed E-state index contributed by atoms with van der Waals surface area (Å²) in [4.78, 5) is 29.1. The number of aromatic nitrogens is 1. The number of carbonyl (C=O) groups is 2. The molecule has 0 radical (unpaired) electrons. The van der Waals surface area contributed by atoms with Crippen LogP contribution < -0.4 is 5.32 Å². The molecule has 6 heteroatoms. The number of nitrogens with one attached hydrogen (secondary N) is 1. The average Bonchev–Trinajstić information content (AvgIpc) is 2.33. The Morgan fingerprint density at radius 3 is 2.48 bits per heavy atom. The lowest BCUT2D eigenvalue weighted by atomic mass is 9.87. The molecule has 0 spiro atoms. The first kappa shape index (κ1) is 16.9. The number of pyridine rings is 1. The zero-order valence-corrected chi connectivity index (χ0v) is 13.2. The Bertz CT molecular complexity index is 523. The molecule has 0 aliphatic rings. The van der Waals surface area contributed by atoms with Crippen molar-refractivity contribution in [2.24, 2.45) is 5.41 Å². The molecular formula is C15H23N3O3. The molecule has 1 aromatic rings. The van der Waals surface area contributed by atoms with Gasteiger partial charge in [-0.15, -0.1) is 0 Å². The van der Waals surface area contributed by atoms with Crippen LogP contribution in [-0.2, 0) is 11.3 Å². The molecule has 2 N–H and O–H groups in total. The minimum Gasteiger partial charge on any atom is -0.480 e. The molecule has 116 valence electrons. The average molecular weight is 293 g/mol. The first-order chi connectivity index (χ1) is 9.61. The number of carboxylic acids is 1. The highest BCUT2D eigenvalue weighted by atomic mass is 16.4. The highest BCUT2D eigenvalue weighted by Crippen LogP contribution is 2.19. The molecule has 0 unspecified atom stereocenters. The summed E-state index contributed by atoms with van der Waals surface area (Å²) in [5.74, 6) is -1.04. The van der Waals surface area contributed by atoms with Crippen molar-refractivity contribution in [3.8, 4) is 0 Å². The fraction of sp³-hybridized carbons (Fsp3) is 0.533. The zero-order valence-electron chi connectivity index (χ0n) is 13.2. The van der Waals surface area contributed by atoms with Gasteiger partial charge in [-0.2, -0.15) is 0 Å². The minimum atomic E-state index is -1.04. The lowest BCUT2D eigenvalue weighted by Gasteiger charge is -2.29. The number of hydrogen-bond acceptors (Lipinski definition) is 3. The molecule has 0 bridgehead atoms. The monoisotopic (exact) mass is 293 g/mol. The van der Waals surface area contributed by atoms with Gasteiger partial charge in [0.15, 0.2) is 0 Å². The van der Waals surface area contributed by atoms with Gasteiger partial charge in [0, 0.05) is 12.7 Å². The van der Waals surface area contributed by atoms with E-state index in [4.69, 9.17) is 0 Å². The number of aliphatic carboxylic acids is 1. The van der Waals surface area contributed by atoms with Crippen LogP contribution in [0.1, 0.15) is 32.2 Å². The predicted molar refractivity (Wildman–Crippen MR) is 79.9 cm³/mol. The first-order valence-electron chi connectivity index (χ1n) is 6.78. The fourth-order valence-electron chi connectivity index (χ4n) is 1.88. The van der Waals surface area contributed by atoms with Crippen LogP contribution in [0.3, 0.4) is 0 Å². The third kappa shape index (κ3) is 5.06. The van der Waals surface area contributed by atoms with Gasteiger partial charge < -0.3 is 15.3 Å². The summed E-state index contributed by atoms with van der Waals surface area (Å²) in [6.07, 6.45) is 0. The van der Waals surface area contributed by atoms with E-state index in [0.29, 0.717) is 6.54 Å². The quantitative estimate of drug-likeness (QED) is 0.890. The van der Waals surface area contributed by atoms with Crippen LogP contribution >= 0.6 is 0 Å². The second-order valence-electron chi connectivity index (χ2n) is 6.21. The molecule has 2 amide bonds. The Hall–Kier alpha value is -2.11. The van der Waals surface area contributed by atoms with Crippen LogP contribution in [0.5, 0.6) is 0 Å². The molecule has 0 aromatic carbocycles. The Morgan fingerprint density at radius 1 is 1.38 bits per heavy atom. The van der Waals surface area contributed by atoms with Crippen LogP contribution in [0.4, 0.5) is 4.79 Å². The second kappa shape index (κ2) is 6.56. The molecule has 0 saturated heterocycles. The van der Waals surface area contributed by atoms with E-state index in [9.17, 15) is 14.7 Å². The third-order valence-electron chi connectivity index (χ3n) is 3.07. The molecule has 1 rings (SSSR count). The Labute approximate surface area is 125 Å². The number of urea groups is 1. The highest BCUT2D eigenvalue weighted by Gasteiger charge is 2.33. The smallest absolute Gasteiger partial charge is 0.326 e. The number of nitrogens with zero attached hydrogens (tertiary/aromatic N) is 2. The third-order valence-corrected chi connectivity index (χ3v) is 3.07. The van der Waals surface area contributed by atoms with Crippen LogP contribution in [0, 0.1) is 12.3 Å². The summed E-state index contributed by atoms with van der Waals surface area (Å²) < 4.78 is 0. The molecule has 1 heterocycles. The number of carboxylic acid groups (broad SMARTS) is 1. The number of carbonyl (C=O) groups excluding carboxylic acids is 1. The second-order valence-corrected chi connectivity index (χ2v) is 6.21. The van der Waals surface area contributed by atoms with Crippen molar-refractivity contribution >= 4 is 12.0 Å². The number of rotatable bonds is 4. The van der Waals surface area contributed by atoms with E-state index in [1.54, 1.807) is 27.8 Å². The molecule has 6 nitrogen and oxygen atoms in total. The number of hydrogen-bond donors (Lipinski definition) is 2. The van der Waals surface area contributed by atoms with E-state index in [1.165, 1.54) is 4.90 Å². The molecule has 0 saturated carbocycles. The van der Waals surface area contributed by atoms with Gasteiger partial charge in [-0.25, -0.2) is 9.59 Å². The van der Waals surface area contributed by atoms with Gasteiger partial charge in [-0.05, 0) is 24.5 Å². The maximum atomic E-state index is 12.1. The van der Waals surface area contributed by atoms with Gasteiger partial charge in [0.2, 0.25) is 0 Å². The van der Waals surface area contributed by atoms with Crippen molar-refractivity contribution in [3.05, 3.63) is 29.6 Å². The van der Waals surface area contributed by atoms with Gasteiger partial charge >= 0.3 is 12.0 Å². The van der Waals surface area contributed by atoms with E-state index in [-0.39, 0.29) is 0 Å². The molecular weight excluding hydrogens is 270 g/mol. The van der Waals surface area contributed by atoms with E-state index in [0.717, 1.165) is 11.4 Å². The van der Waals surface area contributed by atoms with E-state index in [1.807, 2.05) is 25.1 Å². The van der Waals surface area contributed by atoms with Gasteiger partial charge in [0.1, 0.15) is 6.04 Å². The van der Waals surface area contributed by atoms with Crippen molar-refractivity contribution in [1.82, 2.24) is 15.2 Å². The molecule has 0 aliphatic heterocycles. The van der Waals surface area contributed by atoms with E-state index in [2.05, 4.69) is 10.3 Å². The molecule has 0 aliphatic carbocycles. The summed E-state index contributed by atoms with van der Waals surface area (Å²) in [7, 11) is 1.61. The van der Waals surface area contributed by atoms with Gasteiger partial charge in [0.25, 0.3) is 0 Å². The van der Waals surface area contributed by atoms with Gasteiger partial charge in [-0.3, -0.25) is 4.98 Å². The zero-order chi connectivity index (χ0) is 16.2. The SMILES string of the molecule is Cc1cccc(CN(C)C(=O)N[C@@H](C(=O)O)C(C)(C)C)n1. The van der Waals surface area contributed by atoms with Crippen molar-refractivity contribution < 1.29 is 14.7 Å². The van der Waals surface area contributed by atoms with Crippen LogP contribution in [-0.4, -0.2) is 40.1 Å². The van der Waals surface area contributed by atoms with Crippen molar-refractivity contribution in [2.75, 3.05) is 7.05 Å². The molecule has 21 heavy (non-hydrogen) atoms. The molecule has 1 atom stereocenters. The standard InChI is InChI=1S/C15H23N3O3/c1-10-7-6-8-11(16-10)9-18(5)14(21)17-12(13(19)20)15(2,3)4/h6-8,12H,9H2,1-5H3,(H,17,21)(H,19,20)/t12-/m0/s1. The summed E-state index contributed by atoms with van der Waals surface area (Å²) in [6.45, 7) is 7.52. The Balaban J connectivity index is 2.72. The predicted octanol–water partition coefficient (Wildman–Crippen LogP) is 2.03. The normalized spacial score (nSPS) is 12.6. The Morgan fingerprint density at radius 2 is 2.00 bits per heavy atom. The summed E-state index contributed by atoms with van der Waals surface area (Å²) in [6, 6.07) is 4.20. The maximum Gasteiger partial charge on any atom is 0.326 e. The molecule has 1 aromatic heterocycles. The van der Waals surface area contributed by atoms with Crippen LogP contribution in [0.15, 0.2) is 18.2 Å². The van der Waals surface area contributed by atoms with Crippen LogP contribution in [0.2, 0.25) is 0 Å². The minimum absolute atomic E-state index is 0.323. The highest BCUT2D eigenvalue weighted by molar-refractivity contribution is 5.83. The van der Waals surface area contributed by atoms with Crippen molar-refractivity contribution in [3.63, 3.8) is 0 Å². The summed E-state index contributed by atoms with van der Waals surface area (Å²) >= 11 is 0. The number of aryl methyl sites for hydroxylation is 1.